The van der Waals surface area contributed by atoms with Crippen molar-refractivity contribution in [2.24, 2.45) is 0 Å². The minimum atomic E-state index is -0.944. The molecule has 0 saturated carbocycles. The highest BCUT2D eigenvalue weighted by atomic mass is 79.9. The number of hydrogen-bond acceptors (Lipinski definition) is 4. The van der Waals surface area contributed by atoms with E-state index < -0.39 is 11.6 Å². The Morgan fingerprint density at radius 3 is 2.77 bits per heavy atom. The first-order valence-corrected chi connectivity index (χ1v) is 8.88. The number of aliphatic carboxylic acids is 1. The van der Waals surface area contributed by atoms with Crippen LogP contribution in [0.5, 0.6) is 5.75 Å². The van der Waals surface area contributed by atoms with Gasteiger partial charge in [-0.3, -0.25) is 4.79 Å². The summed E-state index contributed by atoms with van der Waals surface area (Å²) in [6.45, 7) is 2.20. The van der Waals surface area contributed by atoms with Gasteiger partial charge in [-0.15, -0.1) is 0 Å². The Hall–Kier alpha value is -2.60. The highest BCUT2D eigenvalue weighted by Crippen LogP contribution is 2.25. The zero-order chi connectivity index (χ0) is 18.7. The van der Waals surface area contributed by atoms with E-state index in [2.05, 4.69) is 15.9 Å². The van der Waals surface area contributed by atoms with Gasteiger partial charge in [0, 0.05) is 27.9 Å². The van der Waals surface area contributed by atoms with Crippen LogP contribution in [0, 0.1) is 6.92 Å². The van der Waals surface area contributed by atoms with Crippen LogP contribution >= 0.6 is 15.9 Å². The van der Waals surface area contributed by atoms with Gasteiger partial charge in [-0.05, 0) is 48.7 Å². The molecule has 26 heavy (non-hydrogen) atoms. The number of fused-ring (bicyclic) bond motifs is 1. The quantitative estimate of drug-likeness (QED) is 0.600. The molecule has 0 amide bonds. The fourth-order valence-corrected chi connectivity index (χ4v) is 3.23. The SMILES string of the molecule is Cc1c(CCC(=O)O)c(=O)oc2cc(OCc3cccc(Br)c3)ccc12. The van der Waals surface area contributed by atoms with Gasteiger partial charge >= 0.3 is 11.6 Å². The van der Waals surface area contributed by atoms with Crippen LogP contribution in [0.25, 0.3) is 11.0 Å². The standard InChI is InChI=1S/C20H17BrO5/c1-12-16-6-5-15(25-11-13-3-2-4-14(21)9-13)10-18(16)26-20(24)17(12)7-8-19(22)23/h2-6,9-10H,7-8,11H2,1H3,(H,22,23). The molecule has 0 aliphatic carbocycles. The smallest absolute Gasteiger partial charge is 0.339 e. The normalized spacial score (nSPS) is 10.8. The molecule has 0 saturated heterocycles. The summed E-state index contributed by atoms with van der Waals surface area (Å²) in [5, 5.41) is 9.60. The molecule has 6 heteroatoms. The van der Waals surface area contributed by atoms with E-state index in [1.807, 2.05) is 36.4 Å². The van der Waals surface area contributed by atoms with Crippen molar-refractivity contribution in [3.05, 3.63) is 74.0 Å². The maximum absolute atomic E-state index is 12.2. The van der Waals surface area contributed by atoms with Gasteiger partial charge in [-0.25, -0.2) is 4.79 Å². The number of benzene rings is 2. The lowest BCUT2D eigenvalue weighted by atomic mass is 10.0. The number of halogens is 1. The highest BCUT2D eigenvalue weighted by molar-refractivity contribution is 9.10. The second kappa shape index (κ2) is 7.74. The van der Waals surface area contributed by atoms with E-state index in [0.29, 0.717) is 23.5 Å². The topological polar surface area (TPSA) is 76.7 Å². The molecule has 0 aliphatic rings. The lowest BCUT2D eigenvalue weighted by molar-refractivity contribution is -0.136. The van der Waals surface area contributed by atoms with E-state index in [0.717, 1.165) is 21.0 Å². The first-order valence-electron chi connectivity index (χ1n) is 8.09. The summed E-state index contributed by atoms with van der Waals surface area (Å²) in [6, 6.07) is 13.1. The van der Waals surface area contributed by atoms with Crippen LogP contribution in [0.4, 0.5) is 0 Å². The molecular weight excluding hydrogens is 400 g/mol. The first kappa shape index (κ1) is 18.2. The van der Waals surface area contributed by atoms with Gasteiger partial charge in [0.1, 0.15) is 17.9 Å². The predicted octanol–water partition coefficient (Wildman–Crippen LogP) is 4.46. The Balaban J connectivity index is 1.85. The molecular formula is C20H17BrO5. The minimum Gasteiger partial charge on any atom is -0.489 e. The Morgan fingerprint density at radius 1 is 1.23 bits per heavy atom. The first-order chi connectivity index (χ1) is 12.4. The monoisotopic (exact) mass is 416 g/mol. The van der Waals surface area contributed by atoms with Crippen molar-refractivity contribution in [3.63, 3.8) is 0 Å². The van der Waals surface area contributed by atoms with Gasteiger partial charge < -0.3 is 14.3 Å². The van der Waals surface area contributed by atoms with Gasteiger partial charge in [0.15, 0.2) is 0 Å². The molecule has 0 bridgehead atoms. The lowest BCUT2D eigenvalue weighted by Gasteiger charge is -2.10. The van der Waals surface area contributed by atoms with Crippen molar-refractivity contribution in [1.29, 1.82) is 0 Å². The van der Waals surface area contributed by atoms with Gasteiger partial charge in [0.05, 0.1) is 0 Å². The summed E-state index contributed by atoms with van der Waals surface area (Å²) >= 11 is 3.42. The number of ether oxygens (including phenoxy) is 1. The van der Waals surface area contributed by atoms with Crippen LogP contribution in [-0.2, 0) is 17.8 Å². The van der Waals surface area contributed by atoms with E-state index in [-0.39, 0.29) is 12.8 Å². The zero-order valence-corrected chi connectivity index (χ0v) is 15.7. The van der Waals surface area contributed by atoms with Crippen molar-refractivity contribution in [3.8, 4) is 5.75 Å². The van der Waals surface area contributed by atoms with Crippen molar-refractivity contribution in [2.45, 2.75) is 26.4 Å². The Labute approximate surface area is 158 Å². The van der Waals surface area contributed by atoms with Crippen molar-refractivity contribution < 1.29 is 19.1 Å². The Morgan fingerprint density at radius 2 is 2.04 bits per heavy atom. The van der Waals surface area contributed by atoms with Crippen molar-refractivity contribution >= 4 is 32.9 Å². The summed E-state index contributed by atoms with van der Waals surface area (Å²) in [7, 11) is 0. The van der Waals surface area contributed by atoms with E-state index >= 15 is 0 Å². The summed E-state index contributed by atoms with van der Waals surface area (Å²) in [4.78, 5) is 23.0. The number of hydrogen-bond donors (Lipinski definition) is 1. The molecule has 2 aromatic carbocycles. The van der Waals surface area contributed by atoms with Crippen LogP contribution in [0.3, 0.4) is 0 Å². The van der Waals surface area contributed by atoms with Crippen molar-refractivity contribution in [2.75, 3.05) is 0 Å². The molecule has 3 rings (SSSR count). The zero-order valence-electron chi connectivity index (χ0n) is 14.1. The predicted molar refractivity (Wildman–Crippen MR) is 102 cm³/mol. The van der Waals surface area contributed by atoms with Crippen LogP contribution in [0.15, 0.2) is 56.1 Å². The molecule has 0 aliphatic heterocycles. The molecule has 3 aromatic rings. The molecule has 0 atom stereocenters. The van der Waals surface area contributed by atoms with Gasteiger partial charge in [-0.2, -0.15) is 0 Å². The fourth-order valence-electron chi connectivity index (χ4n) is 2.78. The largest absolute Gasteiger partial charge is 0.489 e. The van der Waals surface area contributed by atoms with E-state index in [9.17, 15) is 9.59 Å². The maximum atomic E-state index is 12.2. The molecule has 134 valence electrons. The second-order valence-corrected chi connectivity index (χ2v) is 6.88. The van der Waals surface area contributed by atoms with E-state index in [1.165, 1.54) is 0 Å². The molecule has 1 aromatic heterocycles. The molecule has 1 N–H and O–H groups in total. The third-order valence-corrected chi connectivity index (χ3v) is 4.64. The number of carboxylic acid groups (broad SMARTS) is 1. The Kier molecular flexibility index (Phi) is 5.42. The summed E-state index contributed by atoms with van der Waals surface area (Å²) in [5.41, 5.74) is 2.10. The average Bonchev–Trinajstić information content (AvgIpc) is 2.59. The third kappa shape index (κ3) is 4.14. The van der Waals surface area contributed by atoms with Crippen molar-refractivity contribution in [1.82, 2.24) is 0 Å². The van der Waals surface area contributed by atoms with Gasteiger partial charge in [0.25, 0.3) is 0 Å². The fraction of sp³-hybridized carbons (Fsp3) is 0.200. The van der Waals surface area contributed by atoms with Gasteiger partial charge in [0.2, 0.25) is 0 Å². The molecule has 0 spiro atoms. The van der Waals surface area contributed by atoms with Crippen LogP contribution in [-0.4, -0.2) is 11.1 Å². The minimum absolute atomic E-state index is 0.106. The van der Waals surface area contributed by atoms with E-state index in [4.69, 9.17) is 14.3 Å². The average molecular weight is 417 g/mol. The summed E-state index contributed by atoms with van der Waals surface area (Å²) in [5.74, 6) is -0.349. The second-order valence-electron chi connectivity index (χ2n) is 5.96. The van der Waals surface area contributed by atoms with E-state index in [1.54, 1.807) is 13.0 Å². The number of carboxylic acids is 1. The Bertz CT molecular complexity index is 1020. The third-order valence-electron chi connectivity index (χ3n) is 4.14. The van der Waals surface area contributed by atoms with Gasteiger partial charge in [-0.1, -0.05) is 28.1 Å². The lowest BCUT2D eigenvalue weighted by Crippen LogP contribution is -2.12. The summed E-state index contributed by atoms with van der Waals surface area (Å²) in [6.07, 6.45) is 0.0471. The number of aryl methyl sites for hydroxylation is 1. The molecule has 0 unspecified atom stereocenters. The molecule has 0 fully saturated rings. The molecule has 0 radical (unpaired) electrons. The number of rotatable bonds is 6. The summed E-state index contributed by atoms with van der Waals surface area (Å²) < 4.78 is 12.1. The molecule has 5 nitrogen and oxygen atoms in total. The molecule has 1 heterocycles. The maximum Gasteiger partial charge on any atom is 0.339 e. The van der Waals surface area contributed by atoms with Crippen LogP contribution < -0.4 is 10.4 Å². The van der Waals surface area contributed by atoms with Crippen LogP contribution in [0.1, 0.15) is 23.1 Å². The number of carbonyl (C=O) groups is 1. The highest BCUT2D eigenvalue weighted by Gasteiger charge is 2.13. The van der Waals surface area contributed by atoms with Crippen LogP contribution in [0.2, 0.25) is 0 Å².